The molecule has 6 nitrogen and oxygen atoms in total. The van der Waals surface area contributed by atoms with Crippen molar-refractivity contribution in [1.82, 2.24) is 9.80 Å². The highest BCUT2D eigenvalue weighted by Gasteiger charge is 2.51. The lowest BCUT2D eigenvalue weighted by Crippen LogP contribution is -2.38. The Labute approximate surface area is 152 Å². The molecule has 2 fully saturated rings. The Hall–Kier alpha value is -2.76. The molecule has 136 valence electrons. The van der Waals surface area contributed by atoms with E-state index in [2.05, 4.69) is 0 Å². The van der Waals surface area contributed by atoms with Crippen LogP contribution in [0.1, 0.15) is 29.0 Å². The molecule has 0 bridgehead atoms. The second-order valence-corrected chi connectivity index (χ2v) is 7.06. The highest BCUT2D eigenvalue weighted by atomic mass is 16.5. The third-order valence-corrected chi connectivity index (χ3v) is 5.48. The van der Waals surface area contributed by atoms with Crippen molar-refractivity contribution in [3.05, 3.63) is 54.0 Å². The van der Waals surface area contributed by atoms with E-state index < -0.39 is 5.41 Å². The number of likely N-dealkylation sites (tertiary alicyclic amines) is 2. The largest absolute Gasteiger partial charge is 0.497 e. The van der Waals surface area contributed by atoms with E-state index in [1.54, 1.807) is 24.1 Å². The van der Waals surface area contributed by atoms with Crippen LogP contribution < -0.4 is 4.74 Å². The summed E-state index contributed by atoms with van der Waals surface area (Å²) < 4.78 is 10.5. The van der Waals surface area contributed by atoms with Crippen LogP contribution >= 0.6 is 0 Å². The van der Waals surface area contributed by atoms with Crippen molar-refractivity contribution in [3.8, 4) is 5.75 Å². The van der Waals surface area contributed by atoms with Gasteiger partial charge in [0.25, 0.3) is 5.91 Å². The molecule has 1 spiro atoms. The number of amides is 2. The molecular formula is C20H22N2O4. The number of nitrogens with zero attached hydrogens (tertiary/aromatic N) is 2. The fraction of sp³-hybridized carbons (Fsp3) is 0.400. The normalized spacial score (nSPS) is 22.4. The number of methoxy groups -OCH3 is 1. The first-order valence-corrected chi connectivity index (χ1v) is 8.86. The molecule has 1 atom stereocenters. The second-order valence-electron chi connectivity index (χ2n) is 7.06. The lowest BCUT2D eigenvalue weighted by molar-refractivity contribution is -0.135. The number of ether oxygens (including phenoxy) is 1. The molecule has 0 saturated carbocycles. The predicted molar refractivity (Wildman–Crippen MR) is 94.7 cm³/mol. The van der Waals surface area contributed by atoms with Crippen LogP contribution in [0.2, 0.25) is 0 Å². The first-order valence-electron chi connectivity index (χ1n) is 8.86. The predicted octanol–water partition coefficient (Wildman–Crippen LogP) is 2.55. The SMILES string of the molecule is COc1cccc(CN2CC[C@]3(CCN(C(=O)c4ccco4)C3)C2=O)c1. The third kappa shape index (κ3) is 2.85. The molecule has 3 heterocycles. The van der Waals surface area contributed by atoms with Gasteiger partial charge in [-0.05, 0) is 42.7 Å². The van der Waals surface area contributed by atoms with Gasteiger partial charge in [0, 0.05) is 26.2 Å². The van der Waals surface area contributed by atoms with Gasteiger partial charge in [0.1, 0.15) is 5.75 Å². The Morgan fingerprint density at radius 2 is 2.08 bits per heavy atom. The lowest BCUT2D eigenvalue weighted by Gasteiger charge is -2.23. The van der Waals surface area contributed by atoms with Gasteiger partial charge in [-0.15, -0.1) is 0 Å². The van der Waals surface area contributed by atoms with E-state index in [4.69, 9.17) is 9.15 Å². The molecule has 0 radical (unpaired) electrons. The molecule has 0 unspecified atom stereocenters. The molecule has 26 heavy (non-hydrogen) atoms. The van der Waals surface area contributed by atoms with Crippen LogP contribution in [0.3, 0.4) is 0 Å². The Bertz CT molecular complexity index is 817. The van der Waals surface area contributed by atoms with Gasteiger partial charge in [-0.2, -0.15) is 0 Å². The van der Waals surface area contributed by atoms with Gasteiger partial charge in [-0.1, -0.05) is 12.1 Å². The van der Waals surface area contributed by atoms with Gasteiger partial charge in [-0.3, -0.25) is 9.59 Å². The fourth-order valence-electron chi connectivity index (χ4n) is 4.02. The Morgan fingerprint density at radius 3 is 2.85 bits per heavy atom. The molecule has 4 rings (SSSR count). The average Bonchev–Trinajstić information content (AvgIpc) is 3.40. The van der Waals surface area contributed by atoms with Crippen LogP contribution in [0.5, 0.6) is 5.75 Å². The molecule has 2 aliphatic heterocycles. The minimum atomic E-state index is -0.443. The van der Waals surface area contributed by atoms with Crippen molar-refractivity contribution in [2.45, 2.75) is 19.4 Å². The summed E-state index contributed by atoms with van der Waals surface area (Å²) in [5.74, 6) is 1.14. The van der Waals surface area contributed by atoms with E-state index in [9.17, 15) is 9.59 Å². The van der Waals surface area contributed by atoms with E-state index in [0.717, 1.165) is 24.3 Å². The van der Waals surface area contributed by atoms with Crippen LogP contribution in [0.25, 0.3) is 0 Å². The maximum Gasteiger partial charge on any atom is 0.289 e. The first kappa shape index (κ1) is 16.7. The topological polar surface area (TPSA) is 63.0 Å². The molecule has 2 amide bonds. The van der Waals surface area contributed by atoms with Crippen molar-refractivity contribution < 1.29 is 18.7 Å². The molecule has 6 heteroatoms. The van der Waals surface area contributed by atoms with Gasteiger partial charge in [-0.25, -0.2) is 0 Å². The van der Waals surface area contributed by atoms with Gasteiger partial charge in [0.05, 0.1) is 18.8 Å². The Morgan fingerprint density at radius 1 is 1.23 bits per heavy atom. The molecule has 1 aromatic carbocycles. The number of rotatable bonds is 4. The molecule has 0 N–H and O–H groups in total. The first-order chi connectivity index (χ1) is 12.6. The summed E-state index contributed by atoms with van der Waals surface area (Å²) in [4.78, 5) is 29.2. The zero-order valence-corrected chi connectivity index (χ0v) is 14.8. The summed E-state index contributed by atoms with van der Waals surface area (Å²) in [6, 6.07) is 11.2. The molecule has 0 aliphatic carbocycles. The summed E-state index contributed by atoms with van der Waals surface area (Å²) in [5, 5.41) is 0. The summed E-state index contributed by atoms with van der Waals surface area (Å²) in [6.07, 6.45) is 3.00. The van der Waals surface area contributed by atoms with Gasteiger partial charge in [0.15, 0.2) is 5.76 Å². The summed E-state index contributed by atoms with van der Waals surface area (Å²) in [6.45, 7) is 2.36. The number of carbonyl (C=O) groups excluding carboxylic acids is 2. The average molecular weight is 354 g/mol. The van der Waals surface area contributed by atoms with E-state index in [1.165, 1.54) is 6.26 Å². The monoisotopic (exact) mass is 354 g/mol. The van der Waals surface area contributed by atoms with Crippen molar-refractivity contribution >= 4 is 11.8 Å². The lowest BCUT2D eigenvalue weighted by atomic mass is 9.85. The highest BCUT2D eigenvalue weighted by molar-refractivity contribution is 5.93. The van der Waals surface area contributed by atoms with Crippen LogP contribution in [0, 0.1) is 5.41 Å². The molecule has 2 saturated heterocycles. The quantitative estimate of drug-likeness (QED) is 0.846. The zero-order chi connectivity index (χ0) is 18.1. The van der Waals surface area contributed by atoms with E-state index in [1.807, 2.05) is 29.2 Å². The molecule has 2 aliphatic rings. The van der Waals surface area contributed by atoms with Crippen LogP contribution in [-0.2, 0) is 11.3 Å². The van der Waals surface area contributed by atoms with Crippen LogP contribution in [-0.4, -0.2) is 48.4 Å². The third-order valence-electron chi connectivity index (χ3n) is 5.48. The number of furan rings is 1. The van der Waals surface area contributed by atoms with Crippen LogP contribution in [0.15, 0.2) is 47.1 Å². The van der Waals surface area contributed by atoms with Crippen molar-refractivity contribution in [2.24, 2.45) is 5.41 Å². The smallest absolute Gasteiger partial charge is 0.289 e. The van der Waals surface area contributed by atoms with Crippen LogP contribution in [0.4, 0.5) is 0 Å². The molecule has 2 aromatic rings. The van der Waals surface area contributed by atoms with E-state index in [0.29, 0.717) is 31.8 Å². The Balaban J connectivity index is 1.44. The molecular weight excluding hydrogens is 332 g/mol. The molecule has 1 aromatic heterocycles. The zero-order valence-electron chi connectivity index (χ0n) is 14.8. The standard InChI is InChI=1S/C20H22N2O4/c1-25-16-5-2-4-15(12-16)13-21-9-7-20(19(21)24)8-10-22(14-20)18(23)17-6-3-11-26-17/h2-6,11-12H,7-10,13-14H2,1H3/t20-/m1/s1. The minimum Gasteiger partial charge on any atom is -0.497 e. The Kier molecular flexibility index (Phi) is 4.18. The van der Waals surface area contributed by atoms with Gasteiger partial charge >= 0.3 is 0 Å². The number of benzene rings is 1. The van der Waals surface area contributed by atoms with Gasteiger partial charge < -0.3 is 19.0 Å². The van der Waals surface area contributed by atoms with E-state index in [-0.39, 0.29) is 11.8 Å². The summed E-state index contributed by atoms with van der Waals surface area (Å²) in [7, 11) is 1.64. The second kappa shape index (κ2) is 6.52. The van der Waals surface area contributed by atoms with E-state index >= 15 is 0 Å². The maximum atomic E-state index is 13.1. The fourth-order valence-corrected chi connectivity index (χ4v) is 4.02. The number of hydrogen-bond donors (Lipinski definition) is 0. The highest BCUT2D eigenvalue weighted by Crippen LogP contribution is 2.41. The summed E-state index contributed by atoms with van der Waals surface area (Å²) >= 11 is 0. The summed E-state index contributed by atoms with van der Waals surface area (Å²) in [5.41, 5.74) is 0.609. The van der Waals surface area contributed by atoms with Crippen molar-refractivity contribution in [1.29, 1.82) is 0 Å². The number of carbonyl (C=O) groups is 2. The van der Waals surface area contributed by atoms with Gasteiger partial charge in [0.2, 0.25) is 5.91 Å². The number of hydrogen-bond acceptors (Lipinski definition) is 4. The van der Waals surface area contributed by atoms with Crippen molar-refractivity contribution in [2.75, 3.05) is 26.7 Å². The minimum absolute atomic E-state index is 0.133. The maximum absolute atomic E-state index is 13.1. The van der Waals surface area contributed by atoms with Crippen molar-refractivity contribution in [3.63, 3.8) is 0 Å².